The van der Waals surface area contributed by atoms with Crippen LogP contribution in [0.15, 0.2) is 85.5 Å². The molecule has 3 rings (SSSR count). The molecule has 0 saturated carbocycles. The van der Waals surface area contributed by atoms with E-state index >= 15 is 0 Å². The summed E-state index contributed by atoms with van der Waals surface area (Å²) in [5.41, 5.74) is 4.34. The van der Waals surface area contributed by atoms with Crippen LogP contribution in [0.1, 0.15) is 18.3 Å². The van der Waals surface area contributed by atoms with Crippen LogP contribution in [-0.2, 0) is 0 Å². The highest BCUT2D eigenvalue weighted by atomic mass is 15.3. The van der Waals surface area contributed by atoms with Crippen molar-refractivity contribution in [2.45, 2.75) is 13.8 Å². The van der Waals surface area contributed by atoms with Crippen molar-refractivity contribution in [1.29, 1.82) is 0 Å². The molecule has 0 fully saturated rings. The Bertz CT molecular complexity index is 914. The Balaban J connectivity index is 2.18. The van der Waals surface area contributed by atoms with Crippen LogP contribution in [0, 0.1) is 6.92 Å². The van der Waals surface area contributed by atoms with E-state index in [9.17, 15) is 0 Å². The summed E-state index contributed by atoms with van der Waals surface area (Å²) in [5, 5.41) is 8.92. The van der Waals surface area contributed by atoms with E-state index in [0.717, 1.165) is 28.5 Å². The van der Waals surface area contributed by atoms with Gasteiger partial charge < -0.3 is 0 Å². The van der Waals surface area contributed by atoms with Gasteiger partial charge in [-0.3, -0.25) is 4.57 Å². The molecular formula is C22H21N3. The first-order valence-corrected chi connectivity index (χ1v) is 8.25. The van der Waals surface area contributed by atoms with Gasteiger partial charge in [0, 0.05) is 11.3 Å². The molecule has 1 heterocycles. The molecule has 3 aromatic rings. The van der Waals surface area contributed by atoms with E-state index in [1.54, 1.807) is 6.08 Å². The van der Waals surface area contributed by atoms with E-state index in [1.165, 1.54) is 5.56 Å². The highest BCUT2D eigenvalue weighted by molar-refractivity contribution is 5.67. The highest BCUT2D eigenvalue weighted by Gasteiger charge is 2.16. The average molecular weight is 327 g/mol. The largest absolute Gasteiger partial charge is 0.275 e. The Labute approximate surface area is 148 Å². The number of nitrogens with zero attached hydrogens (tertiary/aromatic N) is 3. The molecule has 1 aromatic heterocycles. The van der Waals surface area contributed by atoms with E-state index in [2.05, 4.69) is 64.7 Å². The summed E-state index contributed by atoms with van der Waals surface area (Å²) < 4.78 is 2.10. The molecule has 124 valence electrons. The lowest BCUT2D eigenvalue weighted by molar-refractivity contribution is 1.02. The predicted octanol–water partition coefficient (Wildman–Crippen LogP) is 5.39. The van der Waals surface area contributed by atoms with Gasteiger partial charge in [-0.05, 0) is 31.6 Å². The fourth-order valence-electron chi connectivity index (χ4n) is 2.61. The predicted molar refractivity (Wildman–Crippen MR) is 105 cm³/mol. The van der Waals surface area contributed by atoms with Crippen molar-refractivity contribution < 1.29 is 0 Å². The first-order chi connectivity index (χ1) is 12.2. The van der Waals surface area contributed by atoms with Gasteiger partial charge in [0.2, 0.25) is 0 Å². The van der Waals surface area contributed by atoms with Crippen molar-refractivity contribution in [3.8, 4) is 17.1 Å². The van der Waals surface area contributed by atoms with Crippen LogP contribution in [0.5, 0.6) is 0 Å². The maximum atomic E-state index is 4.46. The molecule has 0 aliphatic rings. The van der Waals surface area contributed by atoms with E-state index in [1.807, 2.05) is 43.4 Å². The van der Waals surface area contributed by atoms with Crippen LogP contribution in [0.2, 0.25) is 0 Å². The molecule has 0 aliphatic heterocycles. The smallest absolute Gasteiger partial charge is 0.168 e. The second-order valence-corrected chi connectivity index (χ2v) is 5.85. The summed E-state index contributed by atoms with van der Waals surface area (Å²) in [7, 11) is 0. The molecule has 0 unspecified atom stereocenters. The Kier molecular flexibility index (Phi) is 5.05. The van der Waals surface area contributed by atoms with Gasteiger partial charge in [-0.25, -0.2) is 0 Å². The summed E-state index contributed by atoms with van der Waals surface area (Å²) >= 11 is 0. The molecule has 0 saturated heterocycles. The molecule has 0 aliphatic carbocycles. The zero-order valence-corrected chi connectivity index (χ0v) is 14.6. The van der Waals surface area contributed by atoms with Gasteiger partial charge in [0.05, 0.1) is 0 Å². The van der Waals surface area contributed by atoms with Crippen molar-refractivity contribution in [1.82, 2.24) is 14.8 Å². The third-order valence-corrected chi connectivity index (χ3v) is 3.93. The number of hydrogen-bond acceptors (Lipinski definition) is 2. The van der Waals surface area contributed by atoms with E-state index < -0.39 is 0 Å². The molecule has 0 bridgehead atoms. The molecule has 0 atom stereocenters. The SMILES string of the molecule is C=C/C=C\C=C(/C)c1nnc(-c2ccccc2)n1-c1ccc(C)cc1. The number of rotatable bonds is 5. The monoisotopic (exact) mass is 327 g/mol. The number of hydrogen-bond donors (Lipinski definition) is 0. The van der Waals surface area contributed by atoms with Gasteiger partial charge in [-0.15, -0.1) is 10.2 Å². The first kappa shape index (κ1) is 16.7. The summed E-state index contributed by atoms with van der Waals surface area (Å²) in [5.74, 6) is 1.66. The first-order valence-electron chi connectivity index (χ1n) is 8.25. The van der Waals surface area contributed by atoms with Crippen LogP contribution < -0.4 is 0 Å². The maximum Gasteiger partial charge on any atom is 0.168 e. The Morgan fingerprint density at radius 2 is 1.68 bits per heavy atom. The minimum atomic E-state index is 0.830. The van der Waals surface area contributed by atoms with Gasteiger partial charge in [0.25, 0.3) is 0 Å². The van der Waals surface area contributed by atoms with Crippen LogP contribution in [0.3, 0.4) is 0 Å². The zero-order chi connectivity index (χ0) is 17.6. The summed E-state index contributed by atoms with van der Waals surface area (Å²) in [6.45, 7) is 7.82. The Morgan fingerprint density at radius 1 is 0.960 bits per heavy atom. The highest BCUT2D eigenvalue weighted by Crippen LogP contribution is 2.26. The third kappa shape index (κ3) is 3.66. The molecular weight excluding hydrogens is 306 g/mol. The summed E-state index contributed by atoms with van der Waals surface area (Å²) in [4.78, 5) is 0. The number of allylic oxidation sites excluding steroid dienone is 5. The number of aromatic nitrogens is 3. The zero-order valence-electron chi connectivity index (χ0n) is 14.6. The molecule has 3 heteroatoms. The number of aryl methyl sites for hydroxylation is 1. The van der Waals surface area contributed by atoms with E-state index in [-0.39, 0.29) is 0 Å². The van der Waals surface area contributed by atoms with Crippen LogP contribution >= 0.6 is 0 Å². The topological polar surface area (TPSA) is 30.7 Å². The lowest BCUT2D eigenvalue weighted by atomic mass is 10.1. The van der Waals surface area contributed by atoms with E-state index in [4.69, 9.17) is 0 Å². The maximum absolute atomic E-state index is 4.46. The molecule has 2 aromatic carbocycles. The van der Waals surface area contributed by atoms with Crippen molar-refractivity contribution in [3.05, 3.63) is 96.9 Å². The molecule has 3 nitrogen and oxygen atoms in total. The van der Waals surface area contributed by atoms with Gasteiger partial charge in [-0.2, -0.15) is 0 Å². The molecule has 0 spiro atoms. The van der Waals surface area contributed by atoms with Gasteiger partial charge in [0.15, 0.2) is 11.6 Å². The third-order valence-electron chi connectivity index (χ3n) is 3.93. The van der Waals surface area contributed by atoms with Crippen molar-refractivity contribution >= 4 is 5.57 Å². The summed E-state index contributed by atoms with van der Waals surface area (Å²) in [6, 6.07) is 18.5. The second-order valence-electron chi connectivity index (χ2n) is 5.85. The summed E-state index contributed by atoms with van der Waals surface area (Å²) in [6.07, 6.45) is 7.63. The van der Waals surface area contributed by atoms with Crippen LogP contribution in [0.4, 0.5) is 0 Å². The second kappa shape index (κ2) is 7.58. The van der Waals surface area contributed by atoms with Crippen molar-refractivity contribution in [3.63, 3.8) is 0 Å². The Morgan fingerprint density at radius 3 is 2.36 bits per heavy atom. The Hall–Kier alpha value is -3.20. The minimum Gasteiger partial charge on any atom is -0.275 e. The average Bonchev–Trinajstić information content (AvgIpc) is 3.08. The minimum absolute atomic E-state index is 0.830. The van der Waals surface area contributed by atoms with Crippen LogP contribution in [0.25, 0.3) is 22.6 Å². The molecule has 25 heavy (non-hydrogen) atoms. The quantitative estimate of drug-likeness (QED) is 0.588. The van der Waals surface area contributed by atoms with E-state index in [0.29, 0.717) is 0 Å². The van der Waals surface area contributed by atoms with Crippen LogP contribution in [-0.4, -0.2) is 14.8 Å². The fraction of sp³-hybridized carbons (Fsp3) is 0.0909. The van der Waals surface area contributed by atoms with Gasteiger partial charge >= 0.3 is 0 Å². The van der Waals surface area contributed by atoms with Gasteiger partial charge in [-0.1, -0.05) is 78.9 Å². The lowest BCUT2D eigenvalue weighted by Crippen LogP contribution is -2.02. The normalized spacial score (nSPS) is 11.8. The molecule has 0 amide bonds. The molecule has 0 radical (unpaired) electrons. The standard InChI is InChI=1S/C22H21N3/c1-4-5-7-10-18(3)21-23-24-22(19-11-8-6-9-12-19)25(21)20-15-13-17(2)14-16-20/h4-16H,1H2,2-3H3/b7-5-,18-10+. The fourth-order valence-corrected chi connectivity index (χ4v) is 2.61. The lowest BCUT2D eigenvalue weighted by Gasteiger charge is -2.11. The van der Waals surface area contributed by atoms with Crippen molar-refractivity contribution in [2.75, 3.05) is 0 Å². The molecule has 0 N–H and O–H groups in total. The van der Waals surface area contributed by atoms with Crippen molar-refractivity contribution in [2.24, 2.45) is 0 Å². The van der Waals surface area contributed by atoms with Gasteiger partial charge in [0.1, 0.15) is 0 Å². The number of benzene rings is 2.